The Bertz CT molecular complexity index is 789. The van der Waals surface area contributed by atoms with Gasteiger partial charge in [0.2, 0.25) is 10.0 Å². The molecule has 3 rings (SSSR count). The van der Waals surface area contributed by atoms with Gasteiger partial charge in [0.05, 0.1) is 4.90 Å². The number of thioether (sulfide) groups is 1. The molecule has 0 amide bonds. The van der Waals surface area contributed by atoms with E-state index >= 15 is 0 Å². The lowest BCUT2D eigenvalue weighted by atomic mass is 10.1. The maximum absolute atomic E-state index is 13.2. The molecule has 22 heavy (non-hydrogen) atoms. The molecule has 7 heteroatoms. The third-order valence-corrected chi connectivity index (χ3v) is 5.98. The summed E-state index contributed by atoms with van der Waals surface area (Å²) in [6, 6.07) is 9.41. The quantitative estimate of drug-likeness (QED) is 0.930. The number of sulfonamides is 1. The third-order valence-electron chi connectivity index (χ3n) is 3.40. The van der Waals surface area contributed by atoms with Gasteiger partial charge in [-0.25, -0.2) is 21.9 Å². The minimum absolute atomic E-state index is 0.395. The topological polar surface area (TPSA) is 46.2 Å². The van der Waals surface area contributed by atoms with Gasteiger partial charge in [0, 0.05) is 17.0 Å². The highest BCUT2D eigenvalue weighted by Gasteiger charge is 2.26. The highest BCUT2D eigenvalue weighted by molar-refractivity contribution is 7.99. The first-order valence-electron chi connectivity index (χ1n) is 6.66. The molecule has 0 saturated carbocycles. The second-order valence-electron chi connectivity index (χ2n) is 4.95. The Morgan fingerprint density at radius 3 is 2.50 bits per heavy atom. The Labute approximate surface area is 131 Å². The monoisotopic (exact) mass is 341 g/mol. The van der Waals surface area contributed by atoms with Gasteiger partial charge in [-0.2, -0.15) is 0 Å². The molecule has 0 saturated heterocycles. The summed E-state index contributed by atoms with van der Waals surface area (Å²) in [6.07, 6.45) is 0.624. The molecule has 2 aromatic rings. The maximum atomic E-state index is 13.2. The first-order valence-corrected chi connectivity index (χ1v) is 9.13. The van der Waals surface area contributed by atoms with Gasteiger partial charge in [0.15, 0.2) is 0 Å². The predicted octanol–water partition coefficient (Wildman–Crippen LogP) is 3.48. The van der Waals surface area contributed by atoms with E-state index in [1.807, 2.05) is 24.3 Å². The number of hydrogen-bond donors (Lipinski definition) is 1. The average Bonchev–Trinajstić information content (AvgIpc) is 2.46. The van der Waals surface area contributed by atoms with Crippen LogP contribution in [0.2, 0.25) is 0 Å². The number of nitrogens with one attached hydrogen (secondary N) is 1. The summed E-state index contributed by atoms with van der Waals surface area (Å²) in [7, 11) is -3.99. The van der Waals surface area contributed by atoms with E-state index in [9.17, 15) is 17.2 Å². The molecule has 3 nitrogen and oxygen atoms in total. The normalized spacial score (nSPS) is 18.0. The third kappa shape index (κ3) is 3.16. The lowest BCUT2D eigenvalue weighted by Gasteiger charge is -2.25. The summed E-state index contributed by atoms with van der Waals surface area (Å²) in [6.45, 7) is 0. The molecule has 0 aliphatic carbocycles. The standard InChI is InChI=1S/C15H13F2NO2S2/c16-10-7-11(17)9-12(8-10)22(19,20)18-14-5-6-21-15-4-2-1-3-13(14)15/h1-4,7-9,14,18H,5-6H2. The molecule has 1 aliphatic heterocycles. The van der Waals surface area contributed by atoms with E-state index in [1.165, 1.54) is 0 Å². The molecule has 0 aromatic heterocycles. The molecule has 1 heterocycles. The lowest BCUT2D eigenvalue weighted by Crippen LogP contribution is -2.30. The van der Waals surface area contributed by atoms with Crippen LogP contribution in [-0.4, -0.2) is 14.2 Å². The van der Waals surface area contributed by atoms with Gasteiger partial charge in [-0.15, -0.1) is 11.8 Å². The van der Waals surface area contributed by atoms with E-state index in [1.54, 1.807) is 11.8 Å². The van der Waals surface area contributed by atoms with Crippen LogP contribution in [0.4, 0.5) is 8.78 Å². The molecule has 116 valence electrons. The van der Waals surface area contributed by atoms with Crippen LogP contribution >= 0.6 is 11.8 Å². The summed E-state index contributed by atoms with van der Waals surface area (Å²) < 4.78 is 53.8. The molecule has 0 bridgehead atoms. The van der Waals surface area contributed by atoms with Crippen molar-refractivity contribution < 1.29 is 17.2 Å². The summed E-state index contributed by atoms with van der Waals surface area (Å²) >= 11 is 1.66. The Balaban J connectivity index is 1.93. The van der Waals surface area contributed by atoms with E-state index < -0.39 is 32.6 Å². The zero-order valence-corrected chi connectivity index (χ0v) is 13.1. The summed E-state index contributed by atoms with van der Waals surface area (Å²) in [4.78, 5) is 0.618. The highest BCUT2D eigenvalue weighted by atomic mass is 32.2. The van der Waals surface area contributed by atoms with Gasteiger partial charge in [0.25, 0.3) is 0 Å². The molecule has 0 fully saturated rings. The average molecular weight is 341 g/mol. The zero-order valence-electron chi connectivity index (χ0n) is 11.4. The number of rotatable bonds is 3. The minimum Gasteiger partial charge on any atom is -0.207 e. The van der Waals surface area contributed by atoms with Gasteiger partial charge in [-0.05, 0) is 35.9 Å². The van der Waals surface area contributed by atoms with E-state index in [4.69, 9.17) is 0 Å². The van der Waals surface area contributed by atoms with Crippen LogP contribution in [0.15, 0.2) is 52.3 Å². The first-order chi connectivity index (χ1) is 10.5. The van der Waals surface area contributed by atoms with Crippen LogP contribution in [0.3, 0.4) is 0 Å². The van der Waals surface area contributed by atoms with Crippen molar-refractivity contribution in [2.75, 3.05) is 5.75 Å². The molecule has 1 unspecified atom stereocenters. The fraction of sp³-hybridized carbons (Fsp3) is 0.200. The van der Waals surface area contributed by atoms with Crippen LogP contribution in [0.1, 0.15) is 18.0 Å². The number of hydrogen-bond acceptors (Lipinski definition) is 3. The molecule has 0 spiro atoms. The maximum Gasteiger partial charge on any atom is 0.241 e. The Kier molecular flexibility index (Phi) is 4.20. The number of benzene rings is 2. The van der Waals surface area contributed by atoms with Gasteiger partial charge in [-0.1, -0.05) is 18.2 Å². The van der Waals surface area contributed by atoms with Crippen LogP contribution in [0, 0.1) is 11.6 Å². The fourth-order valence-corrected chi connectivity index (χ4v) is 4.82. The van der Waals surface area contributed by atoms with Gasteiger partial charge in [0.1, 0.15) is 11.6 Å². The van der Waals surface area contributed by atoms with Gasteiger partial charge >= 0.3 is 0 Å². The summed E-state index contributed by atoms with van der Waals surface area (Å²) in [5.74, 6) is -1.05. The predicted molar refractivity (Wildman–Crippen MR) is 81.2 cm³/mol. The smallest absolute Gasteiger partial charge is 0.207 e. The van der Waals surface area contributed by atoms with Gasteiger partial charge in [-0.3, -0.25) is 0 Å². The molecular weight excluding hydrogens is 328 g/mol. The van der Waals surface area contributed by atoms with Crippen LogP contribution in [-0.2, 0) is 10.0 Å². The van der Waals surface area contributed by atoms with Crippen molar-refractivity contribution in [2.45, 2.75) is 22.3 Å². The van der Waals surface area contributed by atoms with Crippen LogP contribution in [0.25, 0.3) is 0 Å². The largest absolute Gasteiger partial charge is 0.241 e. The summed E-state index contributed by atoms with van der Waals surface area (Å²) in [5.41, 5.74) is 0.888. The van der Waals surface area contributed by atoms with Crippen molar-refractivity contribution in [3.05, 3.63) is 59.7 Å². The lowest BCUT2D eigenvalue weighted by molar-refractivity contribution is 0.539. The van der Waals surface area contributed by atoms with Crippen LogP contribution < -0.4 is 4.72 Å². The van der Waals surface area contributed by atoms with Crippen LogP contribution in [0.5, 0.6) is 0 Å². The Morgan fingerprint density at radius 2 is 1.77 bits per heavy atom. The SMILES string of the molecule is O=S(=O)(NC1CCSc2ccccc21)c1cc(F)cc(F)c1. The second-order valence-corrected chi connectivity index (χ2v) is 7.80. The second kappa shape index (κ2) is 5.98. The van der Waals surface area contributed by atoms with Crippen molar-refractivity contribution in [2.24, 2.45) is 0 Å². The van der Waals surface area contributed by atoms with Crippen molar-refractivity contribution in [3.8, 4) is 0 Å². The number of fused-ring (bicyclic) bond motifs is 1. The van der Waals surface area contributed by atoms with E-state index in [0.29, 0.717) is 12.5 Å². The molecule has 1 aliphatic rings. The highest BCUT2D eigenvalue weighted by Crippen LogP contribution is 2.36. The zero-order chi connectivity index (χ0) is 15.7. The molecule has 1 atom stereocenters. The van der Waals surface area contributed by atoms with E-state index in [0.717, 1.165) is 28.3 Å². The van der Waals surface area contributed by atoms with E-state index in [2.05, 4.69) is 4.72 Å². The Morgan fingerprint density at radius 1 is 1.09 bits per heavy atom. The number of halogens is 2. The fourth-order valence-electron chi connectivity index (χ4n) is 2.40. The van der Waals surface area contributed by atoms with Crippen molar-refractivity contribution in [1.29, 1.82) is 0 Å². The Hall–Kier alpha value is -1.44. The molecular formula is C15H13F2NO2S2. The van der Waals surface area contributed by atoms with Crippen molar-refractivity contribution in [1.82, 2.24) is 4.72 Å². The van der Waals surface area contributed by atoms with Crippen molar-refractivity contribution in [3.63, 3.8) is 0 Å². The van der Waals surface area contributed by atoms with Crippen molar-refractivity contribution >= 4 is 21.8 Å². The van der Waals surface area contributed by atoms with Gasteiger partial charge < -0.3 is 0 Å². The molecule has 0 radical (unpaired) electrons. The first kappa shape index (κ1) is 15.5. The van der Waals surface area contributed by atoms with E-state index in [-0.39, 0.29) is 0 Å². The molecule has 1 N–H and O–H groups in total. The minimum atomic E-state index is -3.99. The summed E-state index contributed by atoms with van der Waals surface area (Å²) in [5, 5.41) is 0. The molecule has 2 aromatic carbocycles.